The van der Waals surface area contributed by atoms with Crippen molar-refractivity contribution in [1.82, 2.24) is 4.57 Å². The molecule has 0 radical (unpaired) electrons. The van der Waals surface area contributed by atoms with Gasteiger partial charge in [0.05, 0.1) is 19.3 Å². The fourth-order valence-corrected chi connectivity index (χ4v) is 3.34. The largest absolute Gasteiger partial charge is 0.371 e. The number of hydrogen-bond acceptors (Lipinski definition) is 1. The zero-order valence-corrected chi connectivity index (χ0v) is 13.2. The van der Waals surface area contributed by atoms with Gasteiger partial charge in [-0.15, -0.1) is 0 Å². The van der Waals surface area contributed by atoms with Gasteiger partial charge in [-0.05, 0) is 36.4 Å². The van der Waals surface area contributed by atoms with E-state index in [2.05, 4.69) is 72.8 Å². The van der Waals surface area contributed by atoms with Crippen LogP contribution in [-0.2, 0) is 11.3 Å². The van der Waals surface area contributed by atoms with E-state index in [0.717, 1.165) is 22.1 Å². The van der Waals surface area contributed by atoms with E-state index < -0.39 is 0 Å². The van der Waals surface area contributed by atoms with Crippen molar-refractivity contribution in [3.8, 4) is 0 Å². The van der Waals surface area contributed by atoms with Crippen molar-refractivity contribution in [2.75, 3.05) is 6.61 Å². The number of epoxide rings is 1. The quantitative estimate of drug-likeness (QED) is 0.588. The van der Waals surface area contributed by atoms with Crippen molar-refractivity contribution < 1.29 is 4.74 Å². The number of nitrogens with zero attached hydrogens (tertiary/aromatic N) is 1. The molecular weight excluding hydrogens is 370 g/mol. The third-order valence-electron chi connectivity index (χ3n) is 3.58. The molecule has 4 rings (SSSR count). The molecule has 2 heterocycles. The number of halogens is 2. The minimum atomic E-state index is 0.381. The van der Waals surface area contributed by atoms with E-state index >= 15 is 0 Å². The van der Waals surface area contributed by atoms with Crippen molar-refractivity contribution in [3.63, 3.8) is 0 Å². The lowest BCUT2D eigenvalue weighted by Crippen LogP contribution is -2.03. The van der Waals surface area contributed by atoms with Gasteiger partial charge >= 0.3 is 0 Å². The zero-order chi connectivity index (χ0) is 13.0. The second-order valence-electron chi connectivity index (χ2n) is 4.89. The Kier molecular flexibility index (Phi) is 2.72. The van der Waals surface area contributed by atoms with Gasteiger partial charge in [-0.1, -0.05) is 31.9 Å². The van der Waals surface area contributed by atoms with Crippen LogP contribution in [-0.4, -0.2) is 17.3 Å². The molecule has 1 atom stereocenters. The van der Waals surface area contributed by atoms with Crippen LogP contribution in [0.15, 0.2) is 45.3 Å². The summed E-state index contributed by atoms with van der Waals surface area (Å²) in [5.74, 6) is 0. The molecule has 0 unspecified atom stereocenters. The number of benzene rings is 2. The lowest BCUT2D eigenvalue weighted by Gasteiger charge is -2.04. The second-order valence-corrected chi connectivity index (χ2v) is 6.72. The molecule has 2 aromatic carbocycles. The molecule has 1 aromatic heterocycles. The Morgan fingerprint density at radius 2 is 1.53 bits per heavy atom. The third kappa shape index (κ3) is 2.02. The van der Waals surface area contributed by atoms with Gasteiger partial charge in [-0.2, -0.15) is 0 Å². The van der Waals surface area contributed by atoms with E-state index in [9.17, 15) is 0 Å². The normalized spacial score (nSPS) is 18.3. The van der Waals surface area contributed by atoms with Crippen LogP contribution < -0.4 is 0 Å². The molecule has 0 amide bonds. The van der Waals surface area contributed by atoms with Crippen LogP contribution in [0.4, 0.5) is 0 Å². The van der Waals surface area contributed by atoms with Gasteiger partial charge in [-0.25, -0.2) is 0 Å². The molecule has 19 heavy (non-hydrogen) atoms. The molecule has 96 valence electrons. The van der Waals surface area contributed by atoms with Gasteiger partial charge in [0.2, 0.25) is 0 Å². The van der Waals surface area contributed by atoms with Crippen molar-refractivity contribution in [2.45, 2.75) is 12.6 Å². The van der Waals surface area contributed by atoms with Gasteiger partial charge in [0.1, 0.15) is 0 Å². The van der Waals surface area contributed by atoms with E-state index in [0.29, 0.717) is 6.10 Å². The highest BCUT2D eigenvalue weighted by molar-refractivity contribution is 9.10. The van der Waals surface area contributed by atoms with E-state index in [1.165, 1.54) is 21.8 Å². The standard InChI is InChI=1S/C15H11Br2NO/c16-9-1-3-14-12(5-9)13-6-10(17)2-4-15(13)18(14)7-11-8-19-11/h1-6,11H,7-8H2/t11-/m0/s1. The Hall–Kier alpha value is -0.840. The Balaban J connectivity index is 2.09. The van der Waals surface area contributed by atoms with Gasteiger partial charge in [0.15, 0.2) is 0 Å². The van der Waals surface area contributed by atoms with E-state index in [4.69, 9.17) is 4.74 Å². The van der Waals surface area contributed by atoms with Crippen LogP contribution in [0.5, 0.6) is 0 Å². The average Bonchev–Trinajstić information content (AvgIpc) is 3.16. The minimum absolute atomic E-state index is 0.381. The number of fused-ring (bicyclic) bond motifs is 3. The lowest BCUT2D eigenvalue weighted by atomic mass is 10.2. The predicted molar refractivity (Wildman–Crippen MR) is 84.6 cm³/mol. The van der Waals surface area contributed by atoms with E-state index in [1.54, 1.807) is 0 Å². The Bertz CT molecular complexity index is 730. The highest BCUT2D eigenvalue weighted by Gasteiger charge is 2.24. The molecule has 0 bridgehead atoms. The number of aromatic nitrogens is 1. The summed E-state index contributed by atoms with van der Waals surface area (Å²) < 4.78 is 9.98. The first-order chi connectivity index (χ1) is 9.22. The topological polar surface area (TPSA) is 17.5 Å². The fourth-order valence-electron chi connectivity index (χ4n) is 2.62. The maximum absolute atomic E-state index is 5.39. The zero-order valence-electron chi connectivity index (χ0n) is 10.1. The summed E-state index contributed by atoms with van der Waals surface area (Å²) in [6.45, 7) is 1.82. The van der Waals surface area contributed by atoms with Crippen molar-refractivity contribution in [2.24, 2.45) is 0 Å². The summed E-state index contributed by atoms with van der Waals surface area (Å²) >= 11 is 7.13. The molecule has 2 nitrogen and oxygen atoms in total. The molecule has 1 saturated heterocycles. The van der Waals surface area contributed by atoms with Crippen molar-refractivity contribution in [1.29, 1.82) is 0 Å². The highest BCUT2D eigenvalue weighted by Crippen LogP contribution is 2.33. The Morgan fingerprint density at radius 3 is 2.00 bits per heavy atom. The third-order valence-corrected chi connectivity index (χ3v) is 4.56. The summed E-state index contributed by atoms with van der Waals surface area (Å²) in [6.07, 6.45) is 0.381. The summed E-state index contributed by atoms with van der Waals surface area (Å²) in [5.41, 5.74) is 2.54. The Labute approximate surface area is 127 Å². The van der Waals surface area contributed by atoms with Crippen molar-refractivity contribution >= 4 is 53.7 Å². The average molecular weight is 381 g/mol. The van der Waals surface area contributed by atoms with Crippen molar-refractivity contribution in [3.05, 3.63) is 45.3 Å². The first-order valence-electron chi connectivity index (χ1n) is 6.21. The number of ether oxygens (including phenoxy) is 1. The van der Waals surface area contributed by atoms with Gasteiger partial charge in [-0.3, -0.25) is 0 Å². The minimum Gasteiger partial charge on any atom is -0.371 e. The first-order valence-corrected chi connectivity index (χ1v) is 7.79. The molecule has 1 aliphatic rings. The molecule has 3 aromatic rings. The molecule has 0 spiro atoms. The van der Waals surface area contributed by atoms with Gasteiger partial charge in [0, 0.05) is 30.8 Å². The lowest BCUT2D eigenvalue weighted by molar-refractivity contribution is 0.387. The molecule has 1 fully saturated rings. The summed E-state index contributed by atoms with van der Waals surface area (Å²) in [5, 5.41) is 2.57. The number of hydrogen-bond donors (Lipinski definition) is 0. The second kappa shape index (κ2) is 4.33. The first kappa shape index (κ1) is 11.9. The van der Waals surface area contributed by atoms with Gasteiger partial charge in [0.25, 0.3) is 0 Å². The van der Waals surface area contributed by atoms with E-state index in [-0.39, 0.29) is 0 Å². The van der Waals surface area contributed by atoms with Crippen LogP contribution >= 0.6 is 31.9 Å². The Morgan fingerprint density at radius 1 is 1.00 bits per heavy atom. The summed E-state index contributed by atoms with van der Waals surface area (Å²) in [6, 6.07) is 12.9. The fraction of sp³-hybridized carbons (Fsp3) is 0.200. The predicted octanol–water partition coefficient (Wildman–Crippen LogP) is 4.72. The molecule has 4 heteroatoms. The maximum atomic E-state index is 5.39. The maximum Gasteiger partial charge on any atom is 0.0988 e. The van der Waals surface area contributed by atoms with Gasteiger partial charge < -0.3 is 9.30 Å². The summed E-state index contributed by atoms with van der Waals surface area (Å²) in [4.78, 5) is 0. The molecule has 0 aliphatic carbocycles. The molecule has 0 N–H and O–H groups in total. The van der Waals surface area contributed by atoms with Crippen LogP contribution in [0.2, 0.25) is 0 Å². The van der Waals surface area contributed by atoms with E-state index in [1.807, 2.05) is 0 Å². The van der Waals surface area contributed by atoms with Crippen LogP contribution in [0, 0.1) is 0 Å². The smallest absolute Gasteiger partial charge is 0.0988 e. The number of rotatable bonds is 2. The van der Waals surface area contributed by atoms with Crippen LogP contribution in [0.3, 0.4) is 0 Å². The molecule has 0 saturated carbocycles. The van der Waals surface area contributed by atoms with Crippen LogP contribution in [0.25, 0.3) is 21.8 Å². The molecule has 1 aliphatic heterocycles. The summed E-state index contributed by atoms with van der Waals surface area (Å²) in [7, 11) is 0. The SMILES string of the molecule is Brc1ccc2c(c1)c1cc(Br)ccc1n2C[C@H]1CO1. The van der Waals surface area contributed by atoms with Crippen LogP contribution in [0.1, 0.15) is 0 Å². The molecular formula is C15H11Br2NO. The highest BCUT2D eigenvalue weighted by atomic mass is 79.9. The monoisotopic (exact) mass is 379 g/mol.